The molecule has 0 atom stereocenters. The first kappa shape index (κ1) is 14.5. The molecule has 0 radical (unpaired) electrons. The zero-order valence-electron chi connectivity index (χ0n) is 12.4. The van der Waals surface area contributed by atoms with E-state index >= 15 is 0 Å². The molecule has 1 aliphatic heterocycles. The summed E-state index contributed by atoms with van der Waals surface area (Å²) in [5.41, 5.74) is 1.35. The number of amides is 1. The van der Waals surface area contributed by atoms with E-state index in [1.165, 1.54) is 0 Å². The van der Waals surface area contributed by atoms with Gasteiger partial charge in [0.2, 0.25) is 0 Å². The number of carbonyl (C=O) groups is 1. The molecular formula is C17H16N2O2S. The van der Waals surface area contributed by atoms with Crippen LogP contribution in [-0.2, 0) is 4.79 Å². The number of nitrogens with one attached hydrogen (secondary N) is 1. The average Bonchev–Trinajstić information content (AvgIpc) is 2.81. The molecule has 1 heterocycles. The van der Waals surface area contributed by atoms with E-state index in [0.717, 1.165) is 22.1 Å². The Morgan fingerprint density at radius 2 is 2.05 bits per heavy atom. The maximum atomic E-state index is 12.4. The van der Waals surface area contributed by atoms with Crippen molar-refractivity contribution in [2.45, 2.75) is 6.92 Å². The summed E-state index contributed by atoms with van der Waals surface area (Å²) in [5, 5.41) is 5.55. The zero-order chi connectivity index (χ0) is 15.7. The summed E-state index contributed by atoms with van der Waals surface area (Å²) in [6.07, 6.45) is 1.81. The van der Waals surface area contributed by atoms with E-state index in [1.807, 2.05) is 49.4 Å². The van der Waals surface area contributed by atoms with Crippen LogP contribution in [0.4, 0.5) is 0 Å². The average molecular weight is 312 g/mol. The molecule has 0 bridgehead atoms. The molecule has 1 amide bonds. The predicted molar refractivity (Wildman–Crippen MR) is 91.6 cm³/mol. The van der Waals surface area contributed by atoms with E-state index in [4.69, 9.17) is 17.0 Å². The third kappa shape index (κ3) is 2.33. The lowest BCUT2D eigenvalue weighted by atomic mass is 10.0. The molecule has 22 heavy (non-hydrogen) atoms. The van der Waals surface area contributed by atoms with Crippen molar-refractivity contribution in [3.05, 3.63) is 47.7 Å². The Morgan fingerprint density at radius 1 is 1.27 bits per heavy atom. The minimum atomic E-state index is -0.109. The molecule has 0 spiro atoms. The van der Waals surface area contributed by atoms with Crippen LogP contribution in [0, 0.1) is 0 Å². The molecule has 3 rings (SSSR count). The molecule has 0 unspecified atom stereocenters. The van der Waals surface area contributed by atoms with Crippen LogP contribution in [0.1, 0.15) is 12.5 Å². The lowest BCUT2D eigenvalue weighted by molar-refractivity contribution is -0.122. The number of nitrogens with zero attached hydrogens (tertiary/aromatic N) is 1. The molecule has 1 saturated heterocycles. The van der Waals surface area contributed by atoms with Crippen LogP contribution in [0.15, 0.2) is 42.1 Å². The van der Waals surface area contributed by atoms with Gasteiger partial charge in [0, 0.05) is 12.1 Å². The van der Waals surface area contributed by atoms with E-state index in [0.29, 0.717) is 17.4 Å². The van der Waals surface area contributed by atoms with E-state index in [1.54, 1.807) is 12.0 Å². The van der Waals surface area contributed by atoms with Gasteiger partial charge >= 0.3 is 0 Å². The van der Waals surface area contributed by atoms with Gasteiger partial charge in [0.15, 0.2) is 5.11 Å². The normalized spacial score (nSPS) is 16.5. The molecule has 0 saturated carbocycles. The molecule has 1 fully saturated rings. The molecule has 2 aromatic rings. The summed E-state index contributed by atoms with van der Waals surface area (Å²) in [6.45, 7) is 2.45. The molecule has 0 aliphatic carbocycles. The van der Waals surface area contributed by atoms with Gasteiger partial charge in [0.1, 0.15) is 11.4 Å². The Balaban J connectivity index is 2.16. The van der Waals surface area contributed by atoms with Crippen molar-refractivity contribution >= 4 is 40.1 Å². The second-order valence-corrected chi connectivity index (χ2v) is 5.33. The Hall–Kier alpha value is -2.40. The number of methoxy groups -OCH3 is 1. The quantitative estimate of drug-likeness (QED) is 0.699. The molecular weight excluding hydrogens is 296 g/mol. The monoisotopic (exact) mass is 312 g/mol. The summed E-state index contributed by atoms with van der Waals surface area (Å²) in [7, 11) is 1.62. The van der Waals surface area contributed by atoms with Gasteiger partial charge in [0.05, 0.1) is 7.11 Å². The third-order valence-electron chi connectivity index (χ3n) is 3.72. The summed E-state index contributed by atoms with van der Waals surface area (Å²) in [4.78, 5) is 13.9. The van der Waals surface area contributed by atoms with Gasteiger partial charge in [-0.15, -0.1) is 0 Å². The number of hydrogen-bond donors (Lipinski definition) is 1. The first-order valence-corrected chi connectivity index (χ1v) is 7.46. The van der Waals surface area contributed by atoms with Crippen LogP contribution >= 0.6 is 12.2 Å². The first-order chi connectivity index (χ1) is 10.7. The van der Waals surface area contributed by atoms with E-state index in [-0.39, 0.29) is 5.91 Å². The highest BCUT2D eigenvalue weighted by Gasteiger charge is 2.29. The Labute approximate surface area is 134 Å². The number of carbonyl (C=O) groups excluding carboxylic acids is 1. The molecule has 112 valence electrons. The maximum Gasteiger partial charge on any atom is 0.276 e. The smallest absolute Gasteiger partial charge is 0.276 e. The maximum absolute atomic E-state index is 12.4. The number of fused-ring (bicyclic) bond motifs is 1. The van der Waals surface area contributed by atoms with Gasteiger partial charge in [-0.1, -0.05) is 30.3 Å². The fraction of sp³-hybridized carbons (Fsp3) is 0.176. The van der Waals surface area contributed by atoms with Crippen molar-refractivity contribution in [1.82, 2.24) is 10.2 Å². The largest absolute Gasteiger partial charge is 0.496 e. The van der Waals surface area contributed by atoms with Crippen molar-refractivity contribution in [3.63, 3.8) is 0 Å². The van der Waals surface area contributed by atoms with Crippen LogP contribution in [0.2, 0.25) is 0 Å². The van der Waals surface area contributed by atoms with E-state index in [9.17, 15) is 4.79 Å². The van der Waals surface area contributed by atoms with Crippen molar-refractivity contribution in [3.8, 4) is 5.75 Å². The first-order valence-electron chi connectivity index (χ1n) is 7.06. The van der Waals surface area contributed by atoms with Crippen LogP contribution in [-0.4, -0.2) is 29.6 Å². The SMILES string of the molecule is CCN1C(=O)/C(=C/c2c(OC)ccc3ccccc23)NC1=S. The van der Waals surface area contributed by atoms with E-state index in [2.05, 4.69) is 5.32 Å². The van der Waals surface area contributed by atoms with Crippen LogP contribution in [0.5, 0.6) is 5.75 Å². The number of likely N-dealkylation sites (N-methyl/N-ethyl adjacent to an activating group) is 1. The van der Waals surface area contributed by atoms with Gasteiger partial charge in [0.25, 0.3) is 5.91 Å². The fourth-order valence-corrected chi connectivity index (χ4v) is 2.93. The minimum Gasteiger partial charge on any atom is -0.496 e. The second kappa shape index (κ2) is 5.77. The minimum absolute atomic E-state index is 0.109. The van der Waals surface area contributed by atoms with Crippen molar-refractivity contribution < 1.29 is 9.53 Å². The molecule has 1 aliphatic rings. The topological polar surface area (TPSA) is 41.6 Å². The highest BCUT2D eigenvalue weighted by molar-refractivity contribution is 7.80. The van der Waals surface area contributed by atoms with Crippen LogP contribution < -0.4 is 10.1 Å². The number of benzene rings is 2. The number of hydrogen-bond acceptors (Lipinski definition) is 3. The van der Waals surface area contributed by atoms with Crippen LogP contribution in [0.25, 0.3) is 16.8 Å². The van der Waals surface area contributed by atoms with Gasteiger partial charge in [-0.2, -0.15) is 0 Å². The summed E-state index contributed by atoms with van der Waals surface area (Å²) in [5.74, 6) is 0.615. The molecule has 2 aromatic carbocycles. The number of thiocarbonyl (C=S) groups is 1. The summed E-state index contributed by atoms with van der Waals surface area (Å²) < 4.78 is 5.45. The molecule has 5 heteroatoms. The standard InChI is InChI=1S/C17H16N2O2S/c1-3-19-16(20)14(18-17(19)22)10-13-12-7-5-4-6-11(12)8-9-15(13)21-2/h4-10H,3H2,1-2H3,(H,18,22)/b14-10-. The fourth-order valence-electron chi connectivity index (χ4n) is 2.61. The van der Waals surface area contributed by atoms with E-state index < -0.39 is 0 Å². The Kier molecular flexibility index (Phi) is 3.81. The molecule has 4 nitrogen and oxygen atoms in total. The van der Waals surface area contributed by atoms with Gasteiger partial charge < -0.3 is 10.1 Å². The Bertz CT molecular complexity index is 798. The second-order valence-electron chi connectivity index (χ2n) is 4.94. The van der Waals surface area contributed by atoms with Crippen molar-refractivity contribution in [2.24, 2.45) is 0 Å². The molecule has 1 N–H and O–H groups in total. The lowest BCUT2D eigenvalue weighted by Gasteiger charge is -2.10. The predicted octanol–water partition coefficient (Wildman–Crippen LogP) is 2.93. The highest BCUT2D eigenvalue weighted by Crippen LogP contribution is 2.30. The van der Waals surface area contributed by atoms with Gasteiger partial charge in [-0.05, 0) is 42.1 Å². The lowest BCUT2D eigenvalue weighted by Crippen LogP contribution is -2.30. The van der Waals surface area contributed by atoms with Crippen molar-refractivity contribution in [1.29, 1.82) is 0 Å². The van der Waals surface area contributed by atoms with Gasteiger partial charge in [-0.25, -0.2) is 0 Å². The highest BCUT2D eigenvalue weighted by atomic mass is 32.1. The van der Waals surface area contributed by atoms with Crippen molar-refractivity contribution in [2.75, 3.05) is 13.7 Å². The Morgan fingerprint density at radius 3 is 2.73 bits per heavy atom. The summed E-state index contributed by atoms with van der Waals surface area (Å²) >= 11 is 5.19. The third-order valence-corrected chi connectivity index (χ3v) is 4.04. The number of rotatable bonds is 3. The molecule has 0 aromatic heterocycles. The zero-order valence-corrected chi connectivity index (χ0v) is 13.2. The number of ether oxygens (including phenoxy) is 1. The van der Waals surface area contributed by atoms with Crippen LogP contribution in [0.3, 0.4) is 0 Å². The van der Waals surface area contributed by atoms with Gasteiger partial charge in [-0.3, -0.25) is 9.69 Å². The summed E-state index contributed by atoms with van der Waals surface area (Å²) in [6, 6.07) is 11.9.